The lowest BCUT2D eigenvalue weighted by molar-refractivity contribution is -0.138. The molecule has 2 aromatic carbocycles. The van der Waals surface area contributed by atoms with Gasteiger partial charge in [-0.3, -0.25) is 9.55 Å². The van der Waals surface area contributed by atoms with Crippen molar-refractivity contribution in [2.24, 2.45) is 7.05 Å². The number of ether oxygens (including phenoxy) is 2. The molecule has 0 amide bonds. The van der Waals surface area contributed by atoms with E-state index in [0.717, 1.165) is 12.1 Å². The smallest absolute Gasteiger partial charge is 0.416 e. The van der Waals surface area contributed by atoms with Crippen LogP contribution in [0.25, 0.3) is 11.3 Å². The zero-order valence-corrected chi connectivity index (χ0v) is 18.6. The molecule has 0 fully saturated rings. The van der Waals surface area contributed by atoms with Crippen molar-refractivity contribution in [1.82, 2.24) is 14.5 Å². The molecule has 2 heterocycles. The molecule has 0 saturated heterocycles. The summed E-state index contributed by atoms with van der Waals surface area (Å²) < 4.78 is 66.2. The van der Waals surface area contributed by atoms with Crippen LogP contribution in [0.15, 0.2) is 71.8 Å². The van der Waals surface area contributed by atoms with Crippen LogP contribution in [0.5, 0.6) is 17.4 Å². The van der Waals surface area contributed by atoms with Gasteiger partial charge in [-0.1, -0.05) is 12.1 Å². The molecule has 4 rings (SSSR count). The molecule has 0 unspecified atom stereocenters. The van der Waals surface area contributed by atoms with E-state index >= 15 is 0 Å². The molecule has 0 saturated carbocycles. The van der Waals surface area contributed by atoms with Crippen molar-refractivity contribution in [3.05, 3.63) is 100.0 Å². The normalized spacial score (nSPS) is 11.4. The van der Waals surface area contributed by atoms with Gasteiger partial charge in [0.1, 0.15) is 12.4 Å². The second kappa shape index (κ2) is 9.57. The molecule has 10 heteroatoms. The van der Waals surface area contributed by atoms with Gasteiger partial charge in [-0.05, 0) is 54.4 Å². The molecule has 2 aromatic heterocycles. The maximum atomic E-state index is 14.6. The molecular weight excluding hydrogens is 466 g/mol. The van der Waals surface area contributed by atoms with E-state index in [-0.39, 0.29) is 29.5 Å². The number of benzene rings is 2. The molecule has 35 heavy (non-hydrogen) atoms. The lowest BCUT2D eigenvalue weighted by Gasteiger charge is -2.14. The Bertz CT molecular complexity index is 1420. The minimum absolute atomic E-state index is 0.0360. The predicted octanol–water partition coefficient (Wildman–Crippen LogP) is 5.68. The topological polar surface area (TPSA) is 66.2 Å². The Labute approximate surface area is 197 Å². The highest BCUT2D eigenvalue weighted by Crippen LogP contribution is 2.35. The standard InChI is InChI=1S/C25H19F4N3O3/c1-15-5-7-18(11-19(15)25(27,28)29)35-22-8-6-16(10-20(22)26)14-34-23-12-21(32(2)24(33)31-23)17-4-3-9-30-13-17/h3-13H,14H2,1-2H3. The van der Waals surface area contributed by atoms with Crippen molar-refractivity contribution in [1.29, 1.82) is 0 Å². The first-order chi connectivity index (χ1) is 16.6. The summed E-state index contributed by atoms with van der Waals surface area (Å²) in [6.45, 7) is 1.23. The molecular formula is C25H19F4N3O3. The zero-order chi connectivity index (χ0) is 25.2. The van der Waals surface area contributed by atoms with Gasteiger partial charge in [0.2, 0.25) is 5.88 Å². The fourth-order valence-electron chi connectivity index (χ4n) is 3.35. The van der Waals surface area contributed by atoms with E-state index in [2.05, 4.69) is 9.97 Å². The molecule has 0 aliphatic rings. The number of halogens is 4. The largest absolute Gasteiger partial charge is 0.473 e. The molecule has 0 bridgehead atoms. The average molecular weight is 485 g/mol. The molecule has 0 aliphatic heterocycles. The summed E-state index contributed by atoms with van der Waals surface area (Å²) in [7, 11) is 1.57. The van der Waals surface area contributed by atoms with E-state index in [4.69, 9.17) is 9.47 Å². The van der Waals surface area contributed by atoms with Gasteiger partial charge in [0.05, 0.1) is 11.3 Å². The van der Waals surface area contributed by atoms with Crippen LogP contribution in [0.4, 0.5) is 17.6 Å². The third-order valence-corrected chi connectivity index (χ3v) is 5.20. The number of nitrogens with zero attached hydrogens (tertiary/aromatic N) is 3. The van der Waals surface area contributed by atoms with Crippen LogP contribution in [0.1, 0.15) is 16.7 Å². The first-order valence-corrected chi connectivity index (χ1v) is 10.4. The van der Waals surface area contributed by atoms with Crippen molar-refractivity contribution in [3.63, 3.8) is 0 Å². The van der Waals surface area contributed by atoms with Crippen LogP contribution in [0.2, 0.25) is 0 Å². The summed E-state index contributed by atoms with van der Waals surface area (Å²) >= 11 is 0. The summed E-state index contributed by atoms with van der Waals surface area (Å²) in [4.78, 5) is 20.1. The monoisotopic (exact) mass is 485 g/mol. The van der Waals surface area contributed by atoms with Gasteiger partial charge >= 0.3 is 11.9 Å². The minimum Gasteiger partial charge on any atom is -0.473 e. The lowest BCUT2D eigenvalue weighted by atomic mass is 10.1. The lowest BCUT2D eigenvalue weighted by Crippen LogP contribution is -2.22. The number of rotatable bonds is 6. The maximum absolute atomic E-state index is 14.6. The Morgan fingerprint density at radius 3 is 2.54 bits per heavy atom. The fraction of sp³-hybridized carbons (Fsp3) is 0.160. The van der Waals surface area contributed by atoms with E-state index in [1.807, 2.05) is 0 Å². The van der Waals surface area contributed by atoms with Crippen LogP contribution in [-0.2, 0) is 19.8 Å². The Morgan fingerprint density at radius 2 is 1.86 bits per heavy atom. The quantitative estimate of drug-likeness (QED) is 0.329. The minimum atomic E-state index is -4.55. The van der Waals surface area contributed by atoms with Crippen LogP contribution in [0.3, 0.4) is 0 Å². The summed E-state index contributed by atoms with van der Waals surface area (Å²) in [6, 6.07) is 12.4. The van der Waals surface area contributed by atoms with Crippen LogP contribution >= 0.6 is 0 Å². The Balaban J connectivity index is 1.50. The Kier molecular flexibility index (Phi) is 6.54. The van der Waals surface area contributed by atoms with Gasteiger partial charge in [0, 0.05) is 31.1 Å². The van der Waals surface area contributed by atoms with E-state index in [0.29, 0.717) is 16.8 Å². The van der Waals surface area contributed by atoms with Crippen LogP contribution in [-0.4, -0.2) is 14.5 Å². The third-order valence-electron chi connectivity index (χ3n) is 5.20. The highest BCUT2D eigenvalue weighted by molar-refractivity contribution is 5.59. The van der Waals surface area contributed by atoms with Crippen LogP contribution in [0, 0.1) is 12.7 Å². The van der Waals surface area contributed by atoms with Gasteiger partial charge in [0.15, 0.2) is 11.6 Å². The van der Waals surface area contributed by atoms with Crippen molar-refractivity contribution in [2.45, 2.75) is 19.7 Å². The third kappa shape index (κ3) is 5.48. The SMILES string of the molecule is Cc1ccc(Oc2ccc(COc3cc(-c4cccnc4)n(C)c(=O)n3)cc2F)cc1C(F)(F)F. The molecule has 4 aromatic rings. The number of alkyl halides is 3. The molecule has 0 aliphatic carbocycles. The van der Waals surface area contributed by atoms with E-state index < -0.39 is 23.2 Å². The maximum Gasteiger partial charge on any atom is 0.416 e. The first kappa shape index (κ1) is 23.9. The van der Waals surface area contributed by atoms with E-state index in [1.165, 1.54) is 35.8 Å². The number of aromatic nitrogens is 3. The van der Waals surface area contributed by atoms with Crippen molar-refractivity contribution in [2.75, 3.05) is 0 Å². The second-order valence-electron chi connectivity index (χ2n) is 7.69. The number of pyridine rings is 1. The fourth-order valence-corrected chi connectivity index (χ4v) is 3.35. The van der Waals surface area contributed by atoms with E-state index in [1.54, 1.807) is 37.6 Å². The average Bonchev–Trinajstić information content (AvgIpc) is 2.82. The number of hydrogen-bond donors (Lipinski definition) is 0. The van der Waals surface area contributed by atoms with Gasteiger partial charge in [-0.25, -0.2) is 9.18 Å². The molecule has 0 N–H and O–H groups in total. The van der Waals surface area contributed by atoms with Gasteiger partial charge in [0.25, 0.3) is 0 Å². The first-order valence-electron chi connectivity index (χ1n) is 10.4. The summed E-state index contributed by atoms with van der Waals surface area (Å²) in [5.74, 6) is -1.12. The summed E-state index contributed by atoms with van der Waals surface area (Å²) in [5, 5.41) is 0. The number of hydrogen-bond acceptors (Lipinski definition) is 5. The van der Waals surface area contributed by atoms with Gasteiger partial charge in [-0.15, -0.1) is 0 Å². The summed E-state index contributed by atoms with van der Waals surface area (Å²) in [6.07, 6.45) is -1.35. The molecule has 6 nitrogen and oxygen atoms in total. The molecule has 0 radical (unpaired) electrons. The highest BCUT2D eigenvalue weighted by atomic mass is 19.4. The Morgan fingerprint density at radius 1 is 1.06 bits per heavy atom. The van der Waals surface area contributed by atoms with E-state index in [9.17, 15) is 22.4 Å². The van der Waals surface area contributed by atoms with Gasteiger partial charge < -0.3 is 9.47 Å². The molecule has 0 atom stereocenters. The predicted molar refractivity (Wildman–Crippen MR) is 120 cm³/mol. The second-order valence-corrected chi connectivity index (χ2v) is 7.69. The molecule has 180 valence electrons. The van der Waals surface area contributed by atoms with Crippen molar-refractivity contribution in [3.8, 4) is 28.6 Å². The molecule has 0 spiro atoms. The van der Waals surface area contributed by atoms with Crippen molar-refractivity contribution >= 4 is 0 Å². The Hall–Kier alpha value is -4.21. The zero-order valence-electron chi connectivity index (χ0n) is 18.6. The highest BCUT2D eigenvalue weighted by Gasteiger charge is 2.32. The van der Waals surface area contributed by atoms with Gasteiger partial charge in [-0.2, -0.15) is 18.2 Å². The van der Waals surface area contributed by atoms with Crippen LogP contribution < -0.4 is 15.2 Å². The number of aryl methyl sites for hydroxylation is 1. The summed E-state index contributed by atoms with van der Waals surface area (Å²) in [5.41, 5.74) is 0.283. The van der Waals surface area contributed by atoms with Crippen molar-refractivity contribution < 1.29 is 27.0 Å².